The number of pyridine rings is 2. The molecule has 1 saturated heterocycles. The fourth-order valence-corrected chi connectivity index (χ4v) is 6.55. The summed E-state index contributed by atoms with van der Waals surface area (Å²) in [6, 6.07) is 35.4. The van der Waals surface area contributed by atoms with Crippen molar-refractivity contribution >= 4 is 17.6 Å². The van der Waals surface area contributed by atoms with Gasteiger partial charge in [-0.3, -0.25) is 19.7 Å². The minimum atomic E-state index is -1.18. The van der Waals surface area contributed by atoms with E-state index in [1.54, 1.807) is 23.5 Å². The molecule has 1 fully saturated rings. The van der Waals surface area contributed by atoms with Crippen molar-refractivity contribution in [1.29, 1.82) is 0 Å². The van der Waals surface area contributed by atoms with E-state index in [4.69, 9.17) is 4.74 Å². The van der Waals surface area contributed by atoms with E-state index in [0.29, 0.717) is 31.0 Å². The summed E-state index contributed by atoms with van der Waals surface area (Å²) < 4.78 is 6.27. The molecule has 46 heavy (non-hydrogen) atoms. The van der Waals surface area contributed by atoms with Crippen LogP contribution in [0.15, 0.2) is 128 Å². The second-order valence-electron chi connectivity index (χ2n) is 11.7. The lowest BCUT2D eigenvalue weighted by Gasteiger charge is -2.44. The van der Waals surface area contributed by atoms with Crippen LogP contribution in [0.5, 0.6) is 5.75 Å². The lowest BCUT2D eigenvalue weighted by Crippen LogP contribution is -2.52. The van der Waals surface area contributed by atoms with Crippen LogP contribution in [0.3, 0.4) is 0 Å². The van der Waals surface area contributed by atoms with Gasteiger partial charge in [0.15, 0.2) is 5.54 Å². The molecule has 3 aromatic carbocycles. The van der Waals surface area contributed by atoms with E-state index in [9.17, 15) is 9.59 Å². The number of imide groups is 1. The summed E-state index contributed by atoms with van der Waals surface area (Å²) in [5.41, 5.74) is 4.37. The second-order valence-corrected chi connectivity index (χ2v) is 11.7. The van der Waals surface area contributed by atoms with Crippen LogP contribution >= 0.6 is 0 Å². The quantitative estimate of drug-likeness (QED) is 0.171. The first-order valence-corrected chi connectivity index (χ1v) is 15.6. The van der Waals surface area contributed by atoms with E-state index in [1.807, 2.05) is 84.9 Å². The Bertz CT molecular complexity index is 1800. The number of rotatable bonds is 10. The Morgan fingerprint density at radius 2 is 1.52 bits per heavy atom. The molecule has 8 heteroatoms. The molecule has 230 valence electrons. The van der Waals surface area contributed by atoms with Crippen molar-refractivity contribution in [2.45, 2.75) is 38.1 Å². The molecule has 0 N–H and O–H groups in total. The van der Waals surface area contributed by atoms with Crippen molar-refractivity contribution in [1.82, 2.24) is 19.8 Å². The Labute approximate surface area is 268 Å². The van der Waals surface area contributed by atoms with Gasteiger partial charge in [0, 0.05) is 55.4 Å². The number of benzene rings is 3. The molecule has 1 atom stereocenters. The van der Waals surface area contributed by atoms with E-state index in [1.165, 1.54) is 10.5 Å². The van der Waals surface area contributed by atoms with Gasteiger partial charge in [-0.2, -0.15) is 0 Å². The number of hydrogen-bond acceptors (Lipinski definition) is 6. The highest BCUT2D eigenvalue weighted by Gasteiger charge is 2.60. The van der Waals surface area contributed by atoms with Gasteiger partial charge in [0.05, 0.1) is 18.8 Å². The molecule has 2 aliphatic rings. The normalized spacial score (nSPS) is 17.4. The number of fused-ring (bicyclic) bond motifs is 2. The molecular formula is C38H35N5O3. The zero-order chi connectivity index (χ0) is 31.3. The van der Waals surface area contributed by atoms with Gasteiger partial charge in [-0.05, 0) is 47.4 Å². The number of carbonyl (C=O) groups is 2. The topological polar surface area (TPSA) is 78.9 Å². The number of urea groups is 1. The molecule has 4 heterocycles. The average Bonchev–Trinajstić information content (AvgIpc) is 3.30. The van der Waals surface area contributed by atoms with Gasteiger partial charge in [0.1, 0.15) is 12.4 Å². The van der Waals surface area contributed by atoms with Crippen LogP contribution in [0, 0.1) is 0 Å². The Morgan fingerprint density at radius 3 is 2.26 bits per heavy atom. The summed E-state index contributed by atoms with van der Waals surface area (Å²) >= 11 is 0. The standard InChI is InChI=1S/C38H35N5O3/c44-36-38(43(26-31-14-9-20-39-25-31)37(45)42(36)27-32-15-7-8-21-40-32)19-23-41(22-18-29-10-3-1-4-11-29)35-24-33(16-17-34(35)38)46-28-30-12-5-2-6-13-30/h1-17,20-21,24-25H,18-19,22-23,26-28H2. The van der Waals surface area contributed by atoms with Crippen LogP contribution in [0.1, 0.15) is 34.4 Å². The van der Waals surface area contributed by atoms with Gasteiger partial charge in [0.25, 0.3) is 5.91 Å². The molecule has 3 amide bonds. The van der Waals surface area contributed by atoms with Crippen LogP contribution in [0.4, 0.5) is 10.5 Å². The largest absolute Gasteiger partial charge is 0.489 e. The molecule has 5 aromatic rings. The molecule has 0 bridgehead atoms. The van der Waals surface area contributed by atoms with E-state index in [-0.39, 0.29) is 25.0 Å². The Hall–Kier alpha value is -5.50. The molecule has 1 unspecified atom stereocenters. The maximum atomic E-state index is 14.7. The summed E-state index contributed by atoms with van der Waals surface area (Å²) in [4.78, 5) is 43.1. The van der Waals surface area contributed by atoms with Crippen LogP contribution in [-0.2, 0) is 36.5 Å². The van der Waals surface area contributed by atoms with Crippen molar-refractivity contribution in [3.8, 4) is 5.75 Å². The molecule has 0 aliphatic carbocycles. The van der Waals surface area contributed by atoms with Crippen molar-refractivity contribution in [3.63, 3.8) is 0 Å². The van der Waals surface area contributed by atoms with Gasteiger partial charge >= 0.3 is 6.03 Å². The zero-order valence-electron chi connectivity index (χ0n) is 25.5. The first-order valence-electron chi connectivity index (χ1n) is 15.6. The number of hydrogen-bond donors (Lipinski definition) is 0. The summed E-state index contributed by atoms with van der Waals surface area (Å²) in [5.74, 6) is 0.485. The van der Waals surface area contributed by atoms with Crippen molar-refractivity contribution in [2.75, 3.05) is 18.0 Å². The van der Waals surface area contributed by atoms with E-state index >= 15 is 0 Å². The summed E-state index contributed by atoms with van der Waals surface area (Å²) in [7, 11) is 0. The number of ether oxygens (including phenoxy) is 1. The molecule has 2 aliphatic heterocycles. The van der Waals surface area contributed by atoms with Gasteiger partial charge in [0.2, 0.25) is 0 Å². The third kappa shape index (κ3) is 5.70. The highest BCUT2D eigenvalue weighted by molar-refractivity contribution is 6.08. The number of amides is 3. The van der Waals surface area contributed by atoms with Gasteiger partial charge in [-0.25, -0.2) is 4.79 Å². The number of aromatic nitrogens is 2. The van der Waals surface area contributed by atoms with Crippen molar-refractivity contribution in [2.24, 2.45) is 0 Å². The highest BCUT2D eigenvalue weighted by atomic mass is 16.5. The smallest absolute Gasteiger partial charge is 0.328 e. The third-order valence-electron chi connectivity index (χ3n) is 8.89. The highest BCUT2D eigenvalue weighted by Crippen LogP contribution is 2.49. The monoisotopic (exact) mass is 609 g/mol. The molecule has 2 aromatic heterocycles. The SMILES string of the molecule is O=C1N(Cc2ccccn2)C(=O)C2(CCN(CCc3ccccc3)c3cc(OCc4ccccc4)ccc32)N1Cc1cccnc1. The first kappa shape index (κ1) is 29.2. The molecule has 0 radical (unpaired) electrons. The van der Waals surface area contributed by atoms with Crippen LogP contribution < -0.4 is 9.64 Å². The van der Waals surface area contributed by atoms with Crippen LogP contribution in [-0.4, -0.2) is 44.8 Å². The molecule has 1 spiro atoms. The number of nitrogens with zero attached hydrogens (tertiary/aromatic N) is 5. The summed E-state index contributed by atoms with van der Waals surface area (Å²) in [6.45, 7) is 2.15. The van der Waals surface area contributed by atoms with Gasteiger partial charge in [-0.15, -0.1) is 0 Å². The van der Waals surface area contributed by atoms with Gasteiger partial charge < -0.3 is 14.5 Å². The Morgan fingerprint density at radius 1 is 0.761 bits per heavy atom. The van der Waals surface area contributed by atoms with Crippen molar-refractivity contribution in [3.05, 3.63) is 156 Å². The van der Waals surface area contributed by atoms with E-state index in [2.05, 4.69) is 39.1 Å². The summed E-state index contributed by atoms with van der Waals surface area (Å²) in [6.07, 6.45) is 6.45. The summed E-state index contributed by atoms with van der Waals surface area (Å²) in [5, 5.41) is 0. The van der Waals surface area contributed by atoms with Crippen molar-refractivity contribution < 1.29 is 14.3 Å². The predicted molar refractivity (Wildman–Crippen MR) is 176 cm³/mol. The van der Waals surface area contributed by atoms with E-state index in [0.717, 1.165) is 35.3 Å². The van der Waals surface area contributed by atoms with E-state index < -0.39 is 5.54 Å². The fraction of sp³-hybridized carbons (Fsp3) is 0.211. The fourth-order valence-electron chi connectivity index (χ4n) is 6.55. The van der Waals surface area contributed by atoms with Crippen LogP contribution in [0.2, 0.25) is 0 Å². The maximum absolute atomic E-state index is 14.7. The molecular weight excluding hydrogens is 574 g/mol. The lowest BCUT2D eigenvalue weighted by atomic mass is 9.80. The minimum absolute atomic E-state index is 0.106. The number of anilines is 1. The number of carbonyl (C=O) groups excluding carboxylic acids is 2. The van der Waals surface area contributed by atoms with Gasteiger partial charge in [-0.1, -0.05) is 78.9 Å². The molecule has 7 rings (SSSR count). The lowest BCUT2D eigenvalue weighted by molar-refractivity contribution is -0.134. The third-order valence-corrected chi connectivity index (χ3v) is 8.89. The predicted octanol–water partition coefficient (Wildman–Crippen LogP) is 6.37. The van der Waals surface area contributed by atoms with Crippen LogP contribution in [0.25, 0.3) is 0 Å². The Balaban J connectivity index is 1.29. The maximum Gasteiger partial charge on any atom is 0.328 e. The Kier molecular flexibility index (Phi) is 8.16. The average molecular weight is 610 g/mol. The molecule has 0 saturated carbocycles. The zero-order valence-corrected chi connectivity index (χ0v) is 25.5. The second kappa shape index (κ2) is 12.9. The molecule has 8 nitrogen and oxygen atoms in total. The minimum Gasteiger partial charge on any atom is -0.489 e. The first-order chi connectivity index (χ1) is 22.6.